The molecule has 0 aliphatic carbocycles. The molecule has 3 heteroatoms. The largest absolute Gasteiger partial charge is 0.393 e. The summed E-state index contributed by atoms with van der Waals surface area (Å²) in [5, 5.41) is 9.84. The summed E-state index contributed by atoms with van der Waals surface area (Å²) in [6, 6.07) is 0. The van der Waals surface area contributed by atoms with Gasteiger partial charge in [-0.2, -0.15) is 0 Å². The Kier molecular flexibility index (Phi) is 16.1. The van der Waals surface area contributed by atoms with Gasteiger partial charge in [-0.25, -0.2) is 0 Å². The third-order valence-corrected chi connectivity index (χ3v) is 5.70. The second-order valence-electron chi connectivity index (χ2n) is 8.18. The lowest BCUT2D eigenvalue weighted by molar-refractivity contribution is -0.904. The minimum absolute atomic E-state index is 0.226. The molecular weight excluding hydrogens is 330 g/mol. The Morgan fingerprint density at radius 2 is 1.44 bits per heavy atom. The van der Waals surface area contributed by atoms with Crippen LogP contribution in [0, 0.1) is 0 Å². The number of alkyl halides is 1. The van der Waals surface area contributed by atoms with Gasteiger partial charge in [0.15, 0.2) is 0 Å². The number of likely N-dealkylation sites (N-methyl/N-ethyl adjacent to an activating group) is 1. The number of aliphatic hydroxyl groups is 1. The Morgan fingerprint density at radius 1 is 0.920 bits per heavy atom. The van der Waals surface area contributed by atoms with E-state index in [0.29, 0.717) is 5.38 Å². The number of nitrogens with zero attached hydrogens (tertiary/aromatic N) is 1. The number of quaternary nitrogens is 1. The Bertz CT molecular complexity index is 308. The van der Waals surface area contributed by atoms with Gasteiger partial charge in [0.05, 0.1) is 32.8 Å². The van der Waals surface area contributed by atoms with E-state index >= 15 is 0 Å². The first kappa shape index (κ1) is 24.9. The maximum Gasteiger partial charge on any atom is 0.0969 e. The van der Waals surface area contributed by atoms with E-state index in [9.17, 15) is 5.11 Å². The van der Waals surface area contributed by atoms with E-state index in [4.69, 9.17) is 11.6 Å². The summed E-state index contributed by atoms with van der Waals surface area (Å²) in [6.07, 6.45) is 17.1. The SMILES string of the molecule is C=CC[N+](C)(CCC(C)O)CCC(Cl)CCCCCCCCCCC. The van der Waals surface area contributed by atoms with E-state index in [1.165, 1.54) is 57.8 Å². The van der Waals surface area contributed by atoms with E-state index in [1.807, 2.05) is 13.0 Å². The fourth-order valence-corrected chi connectivity index (χ4v) is 3.63. The first-order valence-corrected chi connectivity index (χ1v) is 11.1. The van der Waals surface area contributed by atoms with Crippen LogP contribution in [-0.4, -0.2) is 47.8 Å². The third-order valence-electron chi connectivity index (χ3n) is 5.26. The lowest BCUT2D eigenvalue weighted by Crippen LogP contribution is -2.47. The molecule has 0 radical (unpaired) electrons. The van der Waals surface area contributed by atoms with Gasteiger partial charge < -0.3 is 9.59 Å². The molecule has 0 aromatic carbocycles. The number of hydrogen-bond acceptors (Lipinski definition) is 1. The molecule has 0 amide bonds. The van der Waals surface area contributed by atoms with Crippen LogP contribution in [0.25, 0.3) is 0 Å². The zero-order chi connectivity index (χ0) is 19.0. The highest BCUT2D eigenvalue weighted by Gasteiger charge is 2.22. The fourth-order valence-electron chi connectivity index (χ4n) is 3.38. The Hall–Kier alpha value is -0.0500. The molecular formula is C22H45ClNO+. The molecule has 0 saturated heterocycles. The Morgan fingerprint density at radius 3 is 1.96 bits per heavy atom. The van der Waals surface area contributed by atoms with E-state index < -0.39 is 0 Å². The van der Waals surface area contributed by atoms with Gasteiger partial charge in [-0.3, -0.25) is 0 Å². The highest BCUT2D eigenvalue weighted by atomic mass is 35.5. The average molecular weight is 375 g/mol. The summed E-state index contributed by atoms with van der Waals surface area (Å²) in [6.45, 7) is 11.0. The van der Waals surface area contributed by atoms with Crippen LogP contribution in [0.2, 0.25) is 0 Å². The Labute approximate surface area is 163 Å². The number of rotatable bonds is 18. The van der Waals surface area contributed by atoms with Crippen molar-refractivity contribution in [2.45, 2.75) is 102 Å². The monoisotopic (exact) mass is 374 g/mol. The summed E-state index contributed by atoms with van der Waals surface area (Å²) < 4.78 is 0.940. The molecule has 0 fully saturated rings. The highest BCUT2D eigenvalue weighted by Crippen LogP contribution is 2.18. The van der Waals surface area contributed by atoms with E-state index in [2.05, 4.69) is 20.6 Å². The van der Waals surface area contributed by atoms with Gasteiger partial charge in [0.2, 0.25) is 0 Å². The lowest BCUT2D eigenvalue weighted by atomic mass is 10.0. The van der Waals surface area contributed by atoms with Crippen molar-refractivity contribution < 1.29 is 9.59 Å². The van der Waals surface area contributed by atoms with Crippen molar-refractivity contribution in [1.82, 2.24) is 0 Å². The fraction of sp³-hybridized carbons (Fsp3) is 0.909. The van der Waals surface area contributed by atoms with Crippen molar-refractivity contribution in [1.29, 1.82) is 0 Å². The summed E-state index contributed by atoms with van der Waals surface area (Å²) in [7, 11) is 2.26. The quantitative estimate of drug-likeness (QED) is 0.129. The highest BCUT2D eigenvalue weighted by molar-refractivity contribution is 6.20. The zero-order valence-corrected chi connectivity index (χ0v) is 18.1. The smallest absolute Gasteiger partial charge is 0.0969 e. The molecule has 0 saturated carbocycles. The molecule has 0 bridgehead atoms. The molecule has 0 aliphatic rings. The van der Waals surface area contributed by atoms with Crippen LogP contribution in [0.1, 0.15) is 90.9 Å². The van der Waals surface area contributed by atoms with Crippen LogP contribution < -0.4 is 0 Å². The molecule has 1 N–H and O–H groups in total. The maximum absolute atomic E-state index is 9.55. The van der Waals surface area contributed by atoms with Crippen molar-refractivity contribution in [3.63, 3.8) is 0 Å². The molecule has 150 valence electrons. The minimum atomic E-state index is -0.226. The molecule has 3 unspecified atom stereocenters. The average Bonchev–Trinajstić information content (AvgIpc) is 2.57. The predicted octanol–water partition coefficient (Wildman–Crippen LogP) is 6.31. The first-order valence-electron chi connectivity index (χ1n) is 10.7. The summed E-state index contributed by atoms with van der Waals surface area (Å²) in [5.74, 6) is 0. The van der Waals surface area contributed by atoms with Crippen LogP contribution in [0.5, 0.6) is 0 Å². The number of aliphatic hydroxyl groups excluding tert-OH is 1. The Balaban J connectivity index is 3.75. The molecule has 0 aromatic heterocycles. The summed E-state index contributed by atoms with van der Waals surface area (Å²) >= 11 is 6.56. The number of hydrogen-bond donors (Lipinski definition) is 1. The predicted molar refractivity (Wildman–Crippen MR) is 113 cm³/mol. The second-order valence-corrected chi connectivity index (χ2v) is 8.80. The van der Waals surface area contributed by atoms with Gasteiger partial charge in [-0.1, -0.05) is 71.3 Å². The first-order chi connectivity index (χ1) is 11.9. The van der Waals surface area contributed by atoms with Crippen LogP contribution in [0.15, 0.2) is 12.7 Å². The van der Waals surface area contributed by atoms with Gasteiger partial charge >= 0.3 is 0 Å². The van der Waals surface area contributed by atoms with Crippen molar-refractivity contribution in [3.05, 3.63) is 12.7 Å². The van der Waals surface area contributed by atoms with Crippen molar-refractivity contribution in [2.75, 3.05) is 26.7 Å². The van der Waals surface area contributed by atoms with Gasteiger partial charge in [0.25, 0.3) is 0 Å². The molecule has 2 nitrogen and oxygen atoms in total. The molecule has 0 rings (SSSR count). The standard InChI is InChI=1S/C22H45ClNO/c1-5-7-8-9-10-11-12-13-14-15-22(23)17-20-24(4,18-6-2)19-16-21(3)25/h6,21-22,25H,2,5,7-20H2,1,3-4H3/q+1. The van der Waals surface area contributed by atoms with E-state index in [-0.39, 0.29) is 6.10 Å². The minimum Gasteiger partial charge on any atom is -0.393 e. The second kappa shape index (κ2) is 16.1. The van der Waals surface area contributed by atoms with Crippen molar-refractivity contribution >= 4 is 11.6 Å². The summed E-state index contributed by atoms with van der Waals surface area (Å²) in [4.78, 5) is 0. The molecule has 0 aromatic rings. The summed E-state index contributed by atoms with van der Waals surface area (Å²) in [5.41, 5.74) is 0. The normalized spacial score (nSPS) is 16.4. The molecule has 3 atom stereocenters. The maximum atomic E-state index is 9.55. The van der Waals surface area contributed by atoms with Gasteiger partial charge in [0, 0.05) is 18.2 Å². The third kappa shape index (κ3) is 15.9. The van der Waals surface area contributed by atoms with Crippen molar-refractivity contribution in [2.24, 2.45) is 0 Å². The van der Waals surface area contributed by atoms with Crippen LogP contribution >= 0.6 is 11.6 Å². The zero-order valence-electron chi connectivity index (χ0n) is 17.3. The van der Waals surface area contributed by atoms with Gasteiger partial charge in [-0.15, -0.1) is 11.6 Å². The van der Waals surface area contributed by atoms with Crippen molar-refractivity contribution in [3.8, 4) is 0 Å². The topological polar surface area (TPSA) is 20.2 Å². The van der Waals surface area contributed by atoms with Crippen LogP contribution in [0.4, 0.5) is 0 Å². The van der Waals surface area contributed by atoms with Crippen LogP contribution in [-0.2, 0) is 0 Å². The van der Waals surface area contributed by atoms with E-state index in [0.717, 1.165) is 43.4 Å². The van der Waals surface area contributed by atoms with Crippen LogP contribution in [0.3, 0.4) is 0 Å². The molecule has 25 heavy (non-hydrogen) atoms. The van der Waals surface area contributed by atoms with Gasteiger partial charge in [0.1, 0.15) is 0 Å². The molecule has 0 aliphatic heterocycles. The number of halogens is 1. The van der Waals surface area contributed by atoms with E-state index in [1.54, 1.807) is 0 Å². The lowest BCUT2D eigenvalue weighted by Gasteiger charge is -2.34. The van der Waals surface area contributed by atoms with Gasteiger partial charge in [-0.05, 0) is 19.4 Å². The molecule has 0 heterocycles. The number of unbranched alkanes of at least 4 members (excludes halogenated alkanes) is 8. The molecule has 0 spiro atoms.